The average molecular weight is 312 g/mol. The number of carbonyl (C=O) groups is 1. The second kappa shape index (κ2) is 8.03. The first-order chi connectivity index (χ1) is 11.2. The Bertz CT molecular complexity index is 704. The van der Waals surface area contributed by atoms with Crippen molar-refractivity contribution >= 4 is 17.6 Å². The molecule has 0 atom stereocenters. The number of para-hydroxylation sites is 2. The lowest BCUT2D eigenvalue weighted by atomic mass is 10.0. The van der Waals surface area contributed by atoms with Crippen molar-refractivity contribution in [2.45, 2.75) is 13.3 Å². The Morgan fingerprint density at radius 1 is 1.09 bits per heavy atom. The van der Waals surface area contributed by atoms with Crippen LogP contribution in [0.3, 0.4) is 0 Å². The van der Waals surface area contributed by atoms with Gasteiger partial charge in [0.2, 0.25) is 0 Å². The molecule has 0 aliphatic heterocycles. The molecule has 0 spiro atoms. The van der Waals surface area contributed by atoms with E-state index in [1.54, 1.807) is 30.3 Å². The zero-order valence-corrected chi connectivity index (χ0v) is 13.3. The molecule has 2 aromatic carbocycles. The van der Waals surface area contributed by atoms with Gasteiger partial charge in [0.25, 0.3) is 0 Å². The van der Waals surface area contributed by atoms with Crippen LogP contribution < -0.4 is 9.47 Å². The maximum Gasteiger partial charge on any atom is 0.336 e. The number of methoxy groups -OCH3 is 1. The zero-order valence-electron chi connectivity index (χ0n) is 13.3. The molecule has 4 heteroatoms. The number of rotatable bonds is 7. The SMILES string of the molecule is CCCOc1ccccc1/C=C(\C(=O)O)c1ccccc1OC. The van der Waals surface area contributed by atoms with E-state index in [0.717, 1.165) is 12.0 Å². The van der Waals surface area contributed by atoms with Crippen molar-refractivity contribution in [3.8, 4) is 11.5 Å². The van der Waals surface area contributed by atoms with E-state index in [1.165, 1.54) is 7.11 Å². The fourth-order valence-corrected chi connectivity index (χ4v) is 2.22. The molecule has 0 aliphatic rings. The molecule has 0 aromatic heterocycles. The summed E-state index contributed by atoms with van der Waals surface area (Å²) in [6.45, 7) is 2.61. The molecule has 0 fully saturated rings. The predicted octanol–water partition coefficient (Wildman–Crippen LogP) is 4.11. The Morgan fingerprint density at radius 2 is 1.74 bits per heavy atom. The van der Waals surface area contributed by atoms with E-state index in [9.17, 15) is 9.90 Å². The minimum absolute atomic E-state index is 0.162. The minimum atomic E-state index is -1.01. The number of carboxylic acids is 1. The molecule has 23 heavy (non-hydrogen) atoms. The van der Waals surface area contributed by atoms with Crippen molar-refractivity contribution in [1.82, 2.24) is 0 Å². The molecule has 4 nitrogen and oxygen atoms in total. The van der Waals surface area contributed by atoms with Gasteiger partial charge in [-0.2, -0.15) is 0 Å². The molecule has 0 aliphatic carbocycles. The first kappa shape index (κ1) is 16.6. The lowest BCUT2D eigenvalue weighted by Gasteiger charge is -2.11. The summed E-state index contributed by atoms with van der Waals surface area (Å²) < 4.78 is 11.0. The number of carboxylic acid groups (broad SMARTS) is 1. The van der Waals surface area contributed by atoms with Crippen LogP contribution in [0.15, 0.2) is 48.5 Å². The Morgan fingerprint density at radius 3 is 2.39 bits per heavy atom. The molecule has 1 N–H and O–H groups in total. The molecule has 2 rings (SSSR count). The second-order valence-electron chi connectivity index (χ2n) is 4.95. The summed E-state index contributed by atoms with van der Waals surface area (Å²) in [5.41, 5.74) is 1.42. The van der Waals surface area contributed by atoms with Gasteiger partial charge in [-0.05, 0) is 24.6 Å². The first-order valence-corrected chi connectivity index (χ1v) is 7.47. The lowest BCUT2D eigenvalue weighted by Crippen LogP contribution is -2.03. The van der Waals surface area contributed by atoms with Crippen molar-refractivity contribution in [1.29, 1.82) is 0 Å². The fraction of sp³-hybridized carbons (Fsp3) is 0.211. The third-order valence-electron chi connectivity index (χ3n) is 3.31. The van der Waals surface area contributed by atoms with Crippen LogP contribution in [-0.4, -0.2) is 24.8 Å². The minimum Gasteiger partial charge on any atom is -0.496 e. The summed E-state index contributed by atoms with van der Waals surface area (Å²) in [7, 11) is 1.52. The Balaban J connectivity index is 2.50. The van der Waals surface area contributed by atoms with Crippen molar-refractivity contribution in [2.75, 3.05) is 13.7 Å². The molecular formula is C19H20O4. The van der Waals surface area contributed by atoms with Gasteiger partial charge in [-0.1, -0.05) is 43.3 Å². The van der Waals surface area contributed by atoms with Crippen molar-refractivity contribution in [2.24, 2.45) is 0 Å². The van der Waals surface area contributed by atoms with Gasteiger partial charge in [0.05, 0.1) is 19.3 Å². The van der Waals surface area contributed by atoms with Gasteiger partial charge < -0.3 is 14.6 Å². The highest BCUT2D eigenvalue weighted by Crippen LogP contribution is 2.30. The molecule has 0 amide bonds. The number of benzene rings is 2. The third kappa shape index (κ3) is 4.13. The fourth-order valence-electron chi connectivity index (χ4n) is 2.22. The van der Waals surface area contributed by atoms with Gasteiger partial charge in [0.1, 0.15) is 11.5 Å². The van der Waals surface area contributed by atoms with Gasteiger partial charge in [-0.25, -0.2) is 4.79 Å². The smallest absolute Gasteiger partial charge is 0.336 e. The van der Waals surface area contributed by atoms with Crippen LogP contribution in [0, 0.1) is 0 Å². The van der Waals surface area contributed by atoms with E-state index < -0.39 is 5.97 Å². The van der Waals surface area contributed by atoms with Crippen molar-refractivity contribution < 1.29 is 19.4 Å². The van der Waals surface area contributed by atoms with E-state index in [4.69, 9.17) is 9.47 Å². The lowest BCUT2D eigenvalue weighted by molar-refractivity contribution is -0.130. The largest absolute Gasteiger partial charge is 0.496 e. The summed E-state index contributed by atoms with van der Waals surface area (Å²) in [4.78, 5) is 11.7. The Kier molecular flexibility index (Phi) is 5.80. The second-order valence-corrected chi connectivity index (χ2v) is 4.95. The summed E-state index contributed by atoms with van der Waals surface area (Å²) >= 11 is 0. The quantitative estimate of drug-likeness (QED) is 0.617. The Hall–Kier alpha value is -2.75. The van der Waals surface area contributed by atoms with E-state index in [-0.39, 0.29) is 5.57 Å². The van der Waals surface area contributed by atoms with Crippen LogP contribution in [0.2, 0.25) is 0 Å². The highest BCUT2D eigenvalue weighted by Gasteiger charge is 2.16. The maximum atomic E-state index is 11.7. The van der Waals surface area contributed by atoms with E-state index in [1.807, 2.05) is 31.2 Å². The molecular weight excluding hydrogens is 292 g/mol. The summed E-state index contributed by atoms with van der Waals surface area (Å²) in [5.74, 6) is 0.177. The third-order valence-corrected chi connectivity index (χ3v) is 3.31. The molecule has 0 saturated carbocycles. The van der Waals surface area contributed by atoms with Crippen LogP contribution in [0.1, 0.15) is 24.5 Å². The molecule has 0 saturated heterocycles. The Labute approximate surface area is 136 Å². The van der Waals surface area contributed by atoms with Gasteiger partial charge >= 0.3 is 5.97 Å². The van der Waals surface area contributed by atoms with Crippen LogP contribution >= 0.6 is 0 Å². The number of hydrogen-bond acceptors (Lipinski definition) is 3. The highest BCUT2D eigenvalue weighted by atomic mass is 16.5. The van der Waals surface area contributed by atoms with Crippen molar-refractivity contribution in [3.63, 3.8) is 0 Å². The van der Waals surface area contributed by atoms with E-state index in [0.29, 0.717) is 23.7 Å². The molecule has 120 valence electrons. The van der Waals surface area contributed by atoms with Gasteiger partial charge in [0.15, 0.2) is 0 Å². The normalized spacial score (nSPS) is 11.1. The van der Waals surface area contributed by atoms with Crippen molar-refractivity contribution in [3.05, 3.63) is 59.7 Å². The van der Waals surface area contributed by atoms with Crippen LogP contribution in [0.25, 0.3) is 11.6 Å². The van der Waals surface area contributed by atoms with E-state index in [2.05, 4.69) is 0 Å². The van der Waals surface area contributed by atoms with Crippen LogP contribution in [0.4, 0.5) is 0 Å². The monoisotopic (exact) mass is 312 g/mol. The summed E-state index contributed by atoms with van der Waals surface area (Å²) in [6, 6.07) is 14.5. The number of ether oxygens (including phenoxy) is 2. The predicted molar refractivity (Wildman–Crippen MR) is 90.7 cm³/mol. The maximum absolute atomic E-state index is 11.7. The summed E-state index contributed by atoms with van der Waals surface area (Å²) in [6.07, 6.45) is 2.50. The first-order valence-electron chi connectivity index (χ1n) is 7.47. The molecule has 0 radical (unpaired) electrons. The van der Waals surface area contributed by atoms with Gasteiger partial charge in [-0.15, -0.1) is 0 Å². The molecule has 0 unspecified atom stereocenters. The summed E-state index contributed by atoms with van der Waals surface area (Å²) in [5, 5.41) is 9.61. The van der Waals surface area contributed by atoms with E-state index >= 15 is 0 Å². The highest BCUT2D eigenvalue weighted by molar-refractivity contribution is 6.21. The standard InChI is InChI=1S/C19H20O4/c1-3-12-23-17-10-6-4-8-14(17)13-16(19(20)21)15-9-5-7-11-18(15)22-2/h4-11,13H,3,12H2,1-2H3,(H,20,21)/b16-13-. The van der Waals surface area contributed by atoms with Gasteiger partial charge in [0, 0.05) is 11.1 Å². The van der Waals surface area contributed by atoms with Gasteiger partial charge in [-0.3, -0.25) is 0 Å². The average Bonchev–Trinajstić information content (AvgIpc) is 2.58. The number of hydrogen-bond donors (Lipinski definition) is 1. The topological polar surface area (TPSA) is 55.8 Å². The molecule has 0 heterocycles. The molecule has 0 bridgehead atoms. The molecule has 2 aromatic rings. The van der Waals surface area contributed by atoms with Crippen LogP contribution in [0.5, 0.6) is 11.5 Å². The van der Waals surface area contributed by atoms with Crippen LogP contribution in [-0.2, 0) is 4.79 Å². The number of aliphatic carboxylic acids is 1. The zero-order chi connectivity index (χ0) is 16.7.